The number of rotatable bonds is 4. The second-order valence-electron chi connectivity index (χ2n) is 5.86. The minimum atomic E-state index is 0.350. The molecule has 1 atom stereocenters. The number of anilines is 1. The normalized spacial score (nSPS) is 23.6. The summed E-state index contributed by atoms with van der Waals surface area (Å²) in [6.07, 6.45) is 3.66. The van der Waals surface area contributed by atoms with Gasteiger partial charge in [-0.3, -0.25) is 0 Å². The fourth-order valence-electron chi connectivity index (χ4n) is 3.37. The lowest BCUT2D eigenvalue weighted by molar-refractivity contribution is 0.222. The third-order valence-corrected chi connectivity index (χ3v) is 4.52. The van der Waals surface area contributed by atoms with E-state index in [1.165, 1.54) is 30.6 Å². The largest absolute Gasteiger partial charge is 0.396 e. The van der Waals surface area contributed by atoms with Crippen molar-refractivity contribution in [3.05, 3.63) is 29.8 Å². The first-order valence-electron chi connectivity index (χ1n) is 7.53. The van der Waals surface area contributed by atoms with Crippen LogP contribution in [0, 0.1) is 5.92 Å². The molecule has 0 bridgehead atoms. The summed E-state index contributed by atoms with van der Waals surface area (Å²) in [6, 6.07) is 8.82. The van der Waals surface area contributed by atoms with Gasteiger partial charge in [-0.05, 0) is 43.4 Å². The molecular weight excluding hydrogens is 236 g/mol. The van der Waals surface area contributed by atoms with Crippen molar-refractivity contribution in [2.45, 2.75) is 19.3 Å². The Hall–Kier alpha value is -1.06. The van der Waals surface area contributed by atoms with E-state index in [-0.39, 0.29) is 0 Å². The molecule has 19 heavy (non-hydrogen) atoms. The van der Waals surface area contributed by atoms with Crippen LogP contribution in [0.2, 0.25) is 0 Å². The average Bonchev–Trinajstić information content (AvgIpc) is 2.93. The standard InChI is InChI=1S/C16H24N2O/c19-13-14-7-9-17(12-14)10-11-18-8-3-5-15-4-1-2-6-16(15)18/h1-2,4,6,14,19H,3,5,7-13H2. The van der Waals surface area contributed by atoms with Crippen molar-refractivity contribution in [1.29, 1.82) is 0 Å². The molecule has 3 rings (SSSR count). The highest BCUT2D eigenvalue weighted by molar-refractivity contribution is 5.55. The van der Waals surface area contributed by atoms with Gasteiger partial charge in [-0.25, -0.2) is 0 Å². The van der Waals surface area contributed by atoms with E-state index >= 15 is 0 Å². The van der Waals surface area contributed by atoms with Crippen LogP contribution in [0.25, 0.3) is 0 Å². The molecule has 3 nitrogen and oxygen atoms in total. The number of para-hydroxylation sites is 1. The third kappa shape index (κ3) is 2.93. The quantitative estimate of drug-likeness (QED) is 0.893. The van der Waals surface area contributed by atoms with Crippen LogP contribution in [0.4, 0.5) is 5.69 Å². The van der Waals surface area contributed by atoms with Gasteiger partial charge in [-0.2, -0.15) is 0 Å². The highest BCUT2D eigenvalue weighted by Gasteiger charge is 2.23. The number of likely N-dealkylation sites (tertiary alicyclic amines) is 1. The SMILES string of the molecule is OCC1CCN(CCN2CCCc3ccccc32)C1. The van der Waals surface area contributed by atoms with E-state index in [4.69, 9.17) is 0 Å². The smallest absolute Gasteiger partial charge is 0.0471 e. The molecule has 1 aromatic carbocycles. The molecule has 1 unspecified atom stereocenters. The Balaban J connectivity index is 1.57. The van der Waals surface area contributed by atoms with Crippen molar-refractivity contribution >= 4 is 5.69 Å². The van der Waals surface area contributed by atoms with E-state index in [9.17, 15) is 5.11 Å². The number of benzene rings is 1. The molecule has 0 aromatic heterocycles. The maximum absolute atomic E-state index is 9.19. The fourth-order valence-corrected chi connectivity index (χ4v) is 3.37. The molecule has 1 fully saturated rings. The zero-order chi connectivity index (χ0) is 13.1. The first kappa shape index (κ1) is 12.9. The van der Waals surface area contributed by atoms with E-state index < -0.39 is 0 Å². The van der Waals surface area contributed by atoms with Crippen LogP contribution in [-0.4, -0.2) is 49.3 Å². The second-order valence-corrected chi connectivity index (χ2v) is 5.86. The van der Waals surface area contributed by atoms with Crippen LogP contribution in [0.3, 0.4) is 0 Å². The number of aryl methyl sites for hydroxylation is 1. The molecule has 0 saturated carbocycles. The van der Waals surface area contributed by atoms with Gasteiger partial charge in [-0.15, -0.1) is 0 Å². The molecule has 1 aromatic rings. The Morgan fingerprint density at radius 3 is 2.89 bits per heavy atom. The lowest BCUT2D eigenvalue weighted by atomic mass is 10.0. The molecule has 2 aliphatic rings. The van der Waals surface area contributed by atoms with Crippen LogP contribution in [0.15, 0.2) is 24.3 Å². The Morgan fingerprint density at radius 1 is 1.16 bits per heavy atom. The molecule has 3 heteroatoms. The van der Waals surface area contributed by atoms with E-state index in [0.717, 1.165) is 32.6 Å². The summed E-state index contributed by atoms with van der Waals surface area (Å²) in [6.45, 7) is 6.02. The van der Waals surface area contributed by atoms with Crippen molar-refractivity contribution in [3.63, 3.8) is 0 Å². The molecule has 104 valence electrons. The van der Waals surface area contributed by atoms with Crippen molar-refractivity contribution in [2.24, 2.45) is 5.92 Å². The van der Waals surface area contributed by atoms with Gasteiger partial charge in [0.05, 0.1) is 0 Å². The van der Waals surface area contributed by atoms with Crippen LogP contribution >= 0.6 is 0 Å². The monoisotopic (exact) mass is 260 g/mol. The molecular formula is C16H24N2O. The second kappa shape index (κ2) is 5.93. The summed E-state index contributed by atoms with van der Waals surface area (Å²) in [5.74, 6) is 0.508. The first-order chi connectivity index (χ1) is 9.36. The third-order valence-electron chi connectivity index (χ3n) is 4.52. The van der Waals surface area contributed by atoms with Gasteiger partial charge in [0, 0.05) is 38.5 Å². The highest BCUT2D eigenvalue weighted by atomic mass is 16.3. The van der Waals surface area contributed by atoms with E-state index in [1.807, 2.05) is 0 Å². The number of fused-ring (bicyclic) bond motifs is 1. The van der Waals surface area contributed by atoms with Gasteiger partial charge in [0.25, 0.3) is 0 Å². The van der Waals surface area contributed by atoms with Crippen LogP contribution < -0.4 is 4.90 Å². The van der Waals surface area contributed by atoms with Crippen LogP contribution in [0.1, 0.15) is 18.4 Å². The molecule has 0 radical (unpaired) electrons. The van der Waals surface area contributed by atoms with Gasteiger partial charge in [0.2, 0.25) is 0 Å². The summed E-state index contributed by atoms with van der Waals surface area (Å²) < 4.78 is 0. The number of aliphatic hydroxyl groups is 1. The predicted octanol–water partition coefficient (Wildman–Crippen LogP) is 1.75. The van der Waals surface area contributed by atoms with Gasteiger partial charge in [-0.1, -0.05) is 18.2 Å². The summed E-state index contributed by atoms with van der Waals surface area (Å²) in [5, 5.41) is 9.19. The Kier molecular flexibility index (Phi) is 4.04. The van der Waals surface area contributed by atoms with E-state index in [2.05, 4.69) is 34.1 Å². The zero-order valence-corrected chi connectivity index (χ0v) is 11.6. The van der Waals surface area contributed by atoms with Crippen LogP contribution in [-0.2, 0) is 6.42 Å². The zero-order valence-electron chi connectivity index (χ0n) is 11.6. The van der Waals surface area contributed by atoms with Crippen molar-refractivity contribution in [3.8, 4) is 0 Å². The average molecular weight is 260 g/mol. The lowest BCUT2D eigenvalue weighted by Gasteiger charge is -2.32. The van der Waals surface area contributed by atoms with E-state index in [0.29, 0.717) is 12.5 Å². The Bertz CT molecular complexity index is 421. The molecule has 0 spiro atoms. The predicted molar refractivity (Wildman–Crippen MR) is 78.6 cm³/mol. The minimum absolute atomic E-state index is 0.350. The number of aliphatic hydroxyl groups excluding tert-OH is 1. The highest BCUT2D eigenvalue weighted by Crippen LogP contribution is 2.26. The lowest BCUT2D eigenvalue weighted by Crippen LogP contribution is -2.37. The van der Waals surface area contributed by atoms with Crippen molar-refractivity contribution in [2.75, 3.05) is 44.2 Å². The maximum Gasteiger partial charge on any atom is 0.0471 e. The summed E-state index contributed by atoms with van der Waals surface area (Å²) in [5.41, 5.74) is 2.94. The van der Waals surface area contributed by atoms with Gasteiger partial charge in [0.15, 0.2) is 0 Å². The minimum Gasteiger partial charge on any atom is -0.396 e. The molecule has 2 aliphatic heterocycles. The number of hydrogen-bond donors (Lipinski definition) is 1. The molecule has 2 heterocycles. The Morgan fingerprint density at radius 2 is 2.05 bits per heavy atom. The van der Waals surface area contributed by atoms with Crippen molar-refractivity contribution < 1.29 is 5.11 Å². The van der Waals surface area contributed by atoms with E-state index in [1.54, 1.807) is 0 Å². The fraction of sp³-hybridized carbons (Fsp3) is 0.625. The maximum atomic E-state index is 9.19. The van der Waals surface area contributed by atoms with Crippen LogP contribution in [0.5, 0.6) is 0 Å². The molecule has 1 saturated heterocycles. The topological polar surface area (TPSA) is 26.7 Å². The Labute approximate surface area is 115 Å². The molecule has 0 amide bonds. The summed E-state index contributed by atoms with van der Waals surface area (Å²) >= 11 is 0. The molecule has 1 N–H and O–H groups in total. The van der Waals surface area contributed by atoms with Gasteiger partial charge < -0.3 is 14.9 Å². The van der Waals surface area contributed by atoms with Gasteiger partial charge in [0.1, 0.15) is 0 Å². The number of hydrogen-bond acceptors (Lipinski definition) is 3. The summed E-state index contributed by atoms with van der Waals surface area (Å²) in [7, 11) is 0. The van der Waals surface area contributed by atoms with Crippen molar-refractivity contribution in [1.82, 2.24) is 4.90 Å². The van der Waals surface area contributed by atoms with Gasteiger partial charge >= 0.3 is 0 Å². The molecule has 0 aliphatic carbocycles. The number of nitrogens with zero attached hydrogens (tertiary/aromatic N) is 2. The summed E-state index contributed by atoms with van der Waals surface area (Å²) in [4.78, 5) is 5.03. The first-order valence-corrected chi connectivity index (χ1v) is 7.53.